The van der Waals surface area contributed by atoms with Crippen LogP contribution in [0.25, 0.3) is 10.8 Å². The molecule has 0 aliphatic carbocycles. The number of carbonyl (C=O) groups excluding carboxylic acids is 1. The summed E-state index contributed by atoms with van der Waals surface area (Å²) in [4.78, 5) is 16.8. The van der Waals surface area contributed by atoms with E-state index in [1.807, 2.05) is 30.5 Å². The summed E-state index contributed by atoms with van der Waals surface area (Å²) in [5.74, 6) is 1.36. The number of pyridine rings is 1. The monoisotopic (exact) mass is 257 g/mol. The third kappa shape index (κ3) is 2.15. The van der Waals surface area contributed by atoms with Crippen LogP contribution in [0.3, 0.4) is 0 Å². The third-order valence-corrected chi connectivity index (χ3v) is 4.78. The third-order valence-electron chi connectivity index (χ3n) is 3.41. The van der Waals surface area contributed by atoms with Crippen molar-refractivity contribution in [3.8, 4) is 0 Å². The fourth-order valence-corrected chi connectivity index (χ4v) is 3.70. The largest absolute Gasteiger partial charge is 0.293 e. The first kappa shape index (κ1) is 11.7. The van der Waals surface area contributed by atoms with Gasteiger partial charge in [-0.3, -0.25) is 9.78 Å². The van der Waals surface area contributed by atoms with E-state index in [9.17, 15) is 4.79 Å². The molecule has 0 bridgehead atoms. The standard InChI is InChI=1S/C15H15NOS/c17-15(14-7-3-4-8-18-14)13-10-16-9-11-5-1-2-6-12(11)13/h1-2,5-6,9-10,14H,3-4,7-8H2. The summed E-state index contributed by atoms with van der Waals surface area (Å²) in [6.45, 7) is 0. The lowest BCUT2D eigenvalue weighted by molar-refractivity contribution is 0.0986. The molecule has 0 N–H and O–H groups in total. The molecule has 0 saturated carbocycles. The molecule has 2 heterocycles. The van der Waals surface area contributed by atoms with Crippen molar-refractivity contribution in [3.63, 3.8) is 0 Å². The van der Waals surface area contributed by atoms with Crippen LogP contribution >= 0.6 is 11.8 Å². The Hall–Kier alpha value is -1.35. The van der Waals surface area contributed by atoms with Crippen LogP contribution in [0.1, 0.15) is 29.6 Å². The van der Waals surface area contributed by atoms with E-state index in [4.69, 9.17) is 0 Å². The molecule has 1 aromatic carbocycles. The van der Waals surface area contributed by atoms with Crippen molar-refractivity contribution in [2.45, 2.75) is 24.5 Å². The van der Waals surface area contributed by atoms with Gasteiger partial charge in [0.15, 0.2) is 5.78 Å². The first-order valence-electron chi connectivity index (χ1n) is 6.35. The second-order valence-electron chi connectivity index (χ2n) is 4.63. The number of nitrogens with zero attached hydrogens (tertiary/aromatic N) is 1. The van der Waals surface area contributed by atoms with Crippen molar-refractivity contribution < 1.29 is 4.79 Å². The van der Waals surface area contributed by atoms with E-state index in [1.165, 1.54) is 12.8 Å². The quantitative estimate of drug-likeness (QED) is 0.768. The molecule has 1 fully saturated rings. The Labute approximate surface area is 111 Å². The molecule has 0 amide bonds. The molecular weight excluding hydrogens is 242 g/mol. The normalized spacial score (nSPS) is 19.9. The van der Waals surface area contributed by atoms with Gasteiger partial charge in [0.1, 0.15) is 0 Å². The van der Waals surface area contributed by atoms with Crippen LogP contribution < -0.4 is 0 Å². The van der Waals surface area contributed by atoms with Crippen LogP contribution in [-0.4, -0.2) is 21.8 Å². The van der Waals surface area contributed by atoms with E-state index < -0.39 is 0 Å². The molecule has 1 aliphatic heterocycles. The summed E-state index contributed by atoms with van der Waals surface area (Å²) in [6.07, 6.45) is 6.95. The van der Waals surface area contributed by atoms with Gasteiger partial charge < -0.3 is 0 Å². The van der Waals surface area contributed by atoms with Crippen molar-refractivity contribution in [3.05, 3.63) is 42.2 Å². The number of fused-ring (bicyclic) bond motifs is 1. The zero-order valence-electron chi connectivity index (χ0n) is 10.1. The highest BCUT2D eigenvalue weighted by atomic mass is 32.2. The number of benzene rings is 1. The van der Waals surface area contributed by atoms with E-state index in [1.54, 1.807) is 18.0 Å². The molecule has 2 nitrogen and oxygen atoms in total. The predicted molar refractivity (Wildman–Crippen MR) is 76.2 cm³/mol. The molecule has 3 heteroatoms. The SMILES string of the molecule is O=C(c1cncc2ccccc12)C1CCCCS1. The highest BCUT2D eigenvalue weighted by molar-refractivity contribution is 8.00. The lowest BCUT2D eigenvalue weighted by Crippen LogP contribution is -2.21. The van der Waals surface area contributed by atoms with Gasteiger partial charge in [0.2, 0.25) is 0 Å². The van der Waals surface area contributed by atoms with Gasteiger partial charge >= 0.3 is 0 Å². The van der Waals surface area contributed by atoms with Crippen molar-refractivity contribution >= 4 is 28.3 Å². The minimum Gasteiger partial charge on any atom is -0.293 e. The van der Waals surface area contributed by atoms with Crippen LogP contribution in [0.15, 0.2) is 36.7 Å². The van der Waals surface area contributed by atoms with Crippen molar-refractivity contribution in [1.82, 2.24) is 4.98 Å². The second kappa shape index (κ2) is 5.11. The van der Waals surface area contributed by atoms with Crippen LogP contribution in [0.2, 0.25) is 0 Å². The summed E-state index contributed by atoms with van der Waals surface area (Å²) >= 11 is 1.80. The van der Waals surface area contributed by atoms with Crippen LogP contribution in [0.5, 0.6) is 0 Å². The average molecular weight is 257 g/mol. The minimum absolute atomic E-state index is 0.131. The fraction of sp³-hybridized carbons (Fsp3) is 0.333. The number of ketones is 1. The van der Waals surface area contributed by atoms with Gasteiger partial charge in [-0.15, -0.1) is 0 Å². The molecule has 92 valence electrons. The molecular formula is C15H15NOS. The maximum absolute atomic E-state index is 12.6. The van der Waals surface area contributed by atoms with E-state index >= 15 is 0 Å². The zero-order chi connectivity index (χ0) is 12.4. The van der Waals surface area contributed by atoms with E-state index in [0.717, 1.165) is 28.5 Å². The Morgan fingerprint density at radius 2 is 2.11 bits per heavy atom. The van der Waals surface area contributed by atoms with Crippen molar-refractivity contribution in [2.24, 2.45) is 0 Å². The first-order chi connectivity index (χ1) is 8.86. The van der Waals surface area contributed by atoms with E-state index in [-0.39, 0.29) is 11.0 Å². The highest BCUT2D eigenvalue weighted by Crippen LogP contribution is 2.29. The number of rotatable bonds is 2. The Bertz CT molecular complexity index is 570. The molecule has 1 unspecified atom stereocenters. The molecule has 1 aromatic heterocycles. The Kier molecular flexibility index (Phi) is 3.33. The molecule has 0 spiro atoms. The number of aromatic nitrogens is 1. The van der Waals surface area contributed by atoms with Gasteiger partial charge in [-0.1, -0.05) is 30.7 Å². The van der Waals surface area contributed by atoms with Gasteiger partial charge in [0.05, 0.1) is 5.25 Å². The van der Waals surface area contributed by atoms with Gasteiger partial charge in [-0.05, 0) is 24.0 Å². The van der Waals surface area contributed by atoms with Gasteiger partial charge in [0, 0.05) is 23.3 Å². The first-order valence-corrected chi connectivity index (χ1v) is 7.40. The molecule has 3 rings (SSSR count). The van der Waals surface area contributed by atoms with Crippen molar-refractivity contribution in [2.75, 3.05) is 5.75 Å². The van der Waals surface area contributed by atoms with E-state index in [0.29, 0.717) is 0 Å². The van der Waals surface area contributed by atoms with Gasteiger partial charge in [0.25, 0.3) is 0 Å². The lowest BCUT2D eigenvalue weighted by atomic mass is 10.0. The number of carbonyl (C=O) groups is 1. The molecule has 1 atom stereocenters. The van der Waals surface area contributed by atoms with E-state index in [2.05, 4.69) is 4.98 Å². The minimum atomic E-state index is 0.131. The Morgan fingerprint density at radius 1 is 1.22 bits per heavy atom. The van der Waals surface area contributed by atoms with Crippen molar-refractivity contribution in [1.29, 1.82) is 0 Å². The topological polar surface area (TPSA) is 30.0 Å². The summed E-state index contributed by atoms with van der Waals surface area (Å²) < 4.78 is 0. The summed E-state index contributed by atoms with van der Waals surface area (Å²) in [5.41, 5.74) is 0.785. The second-order valence-corrected chi connectivity index (χ2v) is 5.94. The Balaban J connectivity index is 2.00. The molecule has 2 aromatic rings. The highest BCUT2D eigenvalue weighted by Gasteiger charge is 2.24. The fourth-order valence-electron chi connectivity index (χ4n) is 2.43. The lowest BCUT2D eigenvalue weighted by Gasteiger charge is -2.20. The number of Topliss-reactive ketones (excluding diaryl/α,β-unsaturated/α-hetero) is 1. The van der Waals surface area contributed by atoms with Gasteiger partial charge in [-0.2, -0.15) is 11.8 Å². The van der Waals surface area contributed by atoms with Crippen LogP contribution in [0, 0.1) is 0 Å². The number of thioether (sulfide) groups is 1. The maximum Gasteiger partial charge on any atom is 0.177 e. The smallest absolute Gasteiger partial charge is 0.177 e. The molecule has 1 saturated heterocycles. The zero-order valence-corrected chi connectivity index (χ0v) is 11.0. The Morgan fingerprint density at radius 3 is 2.94 bits per heavy atom. The molecule has 0 radical (unpaired) electrons. The van der Waals surface area contributed by atoms with Crippen LogP contribution in [0.4, 0.5) is 0 Å². The average Bonchev–Trinajstić information content (AvgIpc) is 2.47. The molecule has 18 heavy (non-hydrogen) atoms. The number of hydrogen-bond acceptors (Lipinski definition) is 3. The van der Waals surface area contributed by atoms with Gasteiger partial charge in [-0.25, -0.2) is 0 Å². The maximum atomic E-state index is 12.6. The van der Waals surface area contributed by atoms with Crippen LogP contribution in [-0.2, 0) is 0 Å². The summed E-state index contributed by atoms with van der Waals surface area (Å²) in [7, 11) is 0. The summed E-state index contributed by atoms with van der Waals surface area (Å²) in [6, 6.07) is 7.98. The summed E-state index contributed by atoms with van der Waals surface area (Å²) in [5, 5.41) is 2.21. The number of hydrogen-bond donors (Lipinski definition) is 0. The molecule has 1 aliphatic rings. The predicted octanol–water partition coefficient (Wildman–Crippen LogP) is 3.70.